The van der Waals surface area contributed by atoms with Crippen LogP contribution < -0.4 is 0 Å². The molecule has 0 amide bonds. The van der Waals surface area contributed by atoms with E-state index in [1.54, 1.807) is 0 Å². The molecule has 1 saturated heterocycles. The molecule has 0 atom stereocenters. The van der Waals surface area contributed by atoms with Gasteiger partial charge in [0.15, 0.2) is 0 Å². The molecular weight excluding hydrogens is 246 g/mol. The van der Waals surface area contributed by atoms with E-state index in [1.807, 2.05) is 25.6 Å². The molecule has 18 heavy (non-hydrogen) atoms. The molecule has 0 bridgehead atoms. The van der Waals surface area contributed by atoms with Crippen molar-refractivity contribution < 1.29 is 9.53 Å². The number of carbonyl (C=O) groups excluding carboxylic acids is 1. The Bertz CT molecular complexity index is 381. The van der Waals surface area contributed by atoms with Gasteiger partial charge >= 0.3 is 5.97 Å². The molecule has 0 aromatic heterocycles. The van der Waals surface area contributed by atoms with Crippen molar-refractivity contribution in [3.05, 3.63) is 22.9 Å². The van der Waals surface area contributed by atoms with Crippen molar-refractivity contribution in [2.24, 2.45) is 0 Å². The SMILES string of the molecule is CCOC(=O)C1=C(C)C=C(N2CCSCC2)CC1. The Morgan fingerprint density at radius 3 is 2.72 bits per heavy atom. The van der Waals surface area contributed by atoms with Crippen LogP contribution in [0.25, 0.3) is 0 Å². The molecule has 0 aromatic rings. The number of carbonyl (C=O) groups is 1. The third-order valence-electron chi connectivity index (χ3n) is 3.43. The third-order valence-corrected chi connectivity index (χ3v) is 4.37. The Balaban J connectivity index is 2.08. The van der Waals surface area contributed by atoms with Crippen molar-refractivity contribution in [3.63, 3.8) is 0 Å². The minimum atomic E-state index is -0.139. The summed E-state index contributed by atoms with van der Waals surface area (Å²) in [5.41, 5.74) is 3.32. The summed E-state index contributed by atoms with van der Waals surface area (Å²) in [4.78, 5) is 14.2. The maximum absolute atomic E-state index is 11.8. The first-order valence-electron chi connectivity index (χ1n) is 6.62. The highest BCUT2D eigenvalue weighted by atomic mass is 32.2. The first kappa shape index (κ1) is 13.5. The molecule has 1 aliphatic heterocycles. The van der Waals surface area contributed by atoms with Gasteiger partial charge in [-0.3, -0.25) is 0 Å². The molecule has 3 nitrogen and oxygen atoms in total. The van der Waals surface area contributed by atoms with Crippen molar-refractivity contribution in [3.8, 4) is 0 Å². The smallest absolute Gasteiger partial charge is 0.334 e. The van der Waals surface area contributed by atoms with Crippen LogP contribution in [0.15, 0.2) is 22.9 Å². The number of nitrogens with zero attached hydrogens (tertiary/aromatic N) is 1. The fourth-order valence-electron chi connectivity index (χ4n) is 2.44. The maximum atomic E-state index is 11.8. The van der Waals surface area contributed by atoms with E-state index in [9.17, 15) is 4.79 Å². The predicted octanol–water partition coefficient (Wildman–Crippen LogP) is 2.59. The molecule has 2 rings (SSSR count). The fourth-order valence-corrected chi connectivity index (χ4v) is 3.34. The van der Waals surface area contributed by atoms with E-state index in [4.69, 9.17) is 4.74 Å². The molecule has 0 aromatic carbocycles. The number of hydrogen-bond donors (Lipinski definition) is 0. The van der Waals surface area contributed by atoms with Crippen molar-refractivity contribution in [2.75, 3.05) is 31.2 Å². The molecule has 2 aliphatic rings. The van der Waals surface area contributed by atoms with Crippen LogP contribution in [-0.2, 0) is 9.53 Å². The van der Waals surface area contributed by atoms with Gasteiger partial charge in [-0.15, -0.1) is 0 Å². The summed E-state index contributed by atoms with van der Waals surface area (Å²) in [6.45, 7) is 6.60. The second kappa shape index (κ2) is 6.32. The lowest BCUT2D eigenvalue weighted by molar-refractivity contribution is -0.138. The molecule has 0 unspecified atom stereocenters. The minimum Gasteiger partial charge on any atom is -0.463 e. The Hall–Kier alpha value is -0.900. The van der Waals surface area contributed by atoms with Crippen LogP contribution in [0.2, 0.25) is 0 Å². The largest absolute Gasteiger partial charge is 0.463 e. The second-order valence-electron chi connectivity index (χ2n) is 4.62. The summed E-state index contributed by atoms with van der Waals surface area (Å²) in [6.07, 6.45) is 3.96. The number of esters is 1. The number of rotatable bonds is 3. The zero-order valence-corrected chi connectivity index (χ0v) is 12.0. The standard InChI is InChI=1S/C14H21NO2S/c1-3-17-14(16)13-5-4-12(10-11(13)2)15-6-8-18-9-7-15/h10H,3-9H2,1-2H3. The zero-order valence-electron chi connectivity index (χ0n) is 11.2. The van der Waals surface area contributed by atoms with Gasteiger partial charge < -0.3 is 9.64 Å². The predicted molar refractivity (Wildman–Crippen MR) is 75.5 cm³/mol. The number of ether oxygens (including phenoxy) is 1. The molecule has 1 fully saturated rings. The van der Waals surface area contributed by atoms with Crippen molar-refractivity contribution >= 4 is 17.7 Å². The highest BCUT2D eigenvalue weighted by Crippen LogP contribution is 2.28. The summed E-state index contributed by atoms with van der Waals surface area (Å²) in [7, 11) is 0. The molecule has 1 heterocycles. The molecule has 4 heteroatoms. The average molecular weight is 267 g/mol. The van der Waals surface area contributed by atoms with Crippen LogP contribution in [0.3, 0.4) is 0 Å². The Kier molecular flexibility index (Phi) is 4.75. The molecule has 0 spiro atoms. The van der Waals surface area contributed by atoms with Gasteiger partial charge in [-0.1, -0.05) is 0 Å². The van der Waals surface area contributed by atoms with Crippen LogP contribution >= 0.6 is 11.8 Å². The third kappa shape index (κ3) is 3.10. The lowest BCUT2D eigenvalue weighted by atomic mass is 9.95. The number of allylic oxidation sites excluding steroid dienone is 3. The molecular formula is C14H21NO2S. The van der Waals surface area contributed by atoms with E-state index >= 15 is 0 Å². The highest BCUT2D eigenvalue weighted by molar-refractivity contribution is 7.99. The highest BCUT2D eigenvalue weighted by Gasteiger charge is 2.21. The van der Waals surface area contributed by atoms with Crippen LogP contribution in [0, 0.1) is 0 Å². The van der Waals surface area contributed by atoms with E-state index in [-0.39, 0.29) is 5.97 Å². The first-order chi connectivity index (χ1) is 8.72. The minimum absolute atomic E-state index is 0.139. The second-order valence-corrected chi connectivity index (χ2v) is 5.84. The van der Waals surface area contributed by atoms with Crippen molar-refractivity contribution in [2.45, 2.75) is 26.7 Å². The number of thioether (sulfide) groups is 1. The Morgan fingerprint density at radius 1 is 1.39 bits per heavy atom. The van der Waals surface area contributed by atoms with Crippen molar-refractivity contribution in [1.29, 1.82) is 0 Å². The Morgan fingerprint density at radius 2 is 2.11 bits per heavy atom. The summed E-state index contributed by atoms with van der Waals surface area (Å²) < 4.78 is 5.09. The summed E-state index contributed by atoms with van der Waals surface area (Å²) in [5.74, 6) is 2.29. The van der Waals surface area contributed by atoms with E-state index in [0.717, 1.165) is 37.1 Å². The van der Waals surface area contributed by atoms with E-state index in [1.165, 1.54) is 17.2 Å². The van der Waals surface area contributed by atoms with Crippen LogP contribution in [-0.4, -0.2) is 42.1 Å². The quantitative estimate of drug-likeness (QED) is 0.735. The maximum Gasteiger partial charge on any atom is 0.334 e. The average Bonchev–Trinajstić information content (AvgIpc) is 2.40. The summed E-state index contributed by atoms with van der Waals surface area (Å²) >= 11 is 2.02. The monoisotopic (exact) mass is 267 g/mol. The lowest BCUT2D eigenvalue weighted by Crippen LogP contribution is -2.33. The van der Waals surface area contributed by atoms with Gasteiger partial charge in [-0.2, -0.15) is 11.8 Å². The van der Waals surface area contributed by atoms with Gasteiger partial charge in [0.1, 0.15) is 0 Å². The molecule has 100 valence electrons. The summed E-state index contributed by atoms with van der Waals surface area (Å²) in [6, 6.07) is 0. The van der Waals surface area contributed by atoms with Gasteiger partial charge in [0, 0.05) is 35.9 Å². The van der Waals surface area contributed by atoms with Gasteiger partial charge in [0.25, 0.3) is 0 Å². The Labute approximate surface area is 113 Å². The molecule has 0 saturated carbocycles. The van der Waals surface area contributed by atoms with E-state index < -0.39 is 0 Å². The van der Waals surface area contributed by atoms with Crippen LogP contribution in [0.1, 0.15) is 26.7 Å². The van der Waals surface area contributed by atoms with Crippen LogP contribution in [0.5, 0.6) is 0 Å². The fraction of sp³-hybridized carbons (Fsp3) is 0.643. The van der Waals surface area contributed by atoms with E-state index in [0.29, 0.717) is 6.61 Å². The zero-order chi connectivity index (χ0) is 13.0. The van der Waals surface area contributed by atoms with Gasteiger partial charge in [-0.25, -0.2) is 4.79 Å². The topological polar surface area (TPSA) is 29.5 Å². The van der Waals surface area contributed by atoms with Gasteiger partial charge in [-0.05, 0) is 38.3 Å². The van der Waals surface area contributed by atoms with Gasteiger partial charge in [0.2, 0.25) is 0 Å². The normalized spacial score (nSPS) is 20.8. The van der Waals surface area contributed by atoms with Crippen LogP contribution in [0.4, 0.5) is 0 Å². The summed E-state index contributed by atoms with van der Waals surface area (Å²) in [5, 5.41) is 0. The van der Waals surface area contributed by atoms with Crippen molar-refractivity contribution in [1.82, 2.24) is 4.90 Å². The molecule has 0 radical (unpaired) electrons. The molecule has 0 N–H and O–H groups in total. The first-order valence-corrected chi connectivity index (χ1v) is 7.78. The van der Waals surface area contributed by atoms with E-state index in [2.05, 4.69) is 11.0 Å². The van der Waals surface area contributed by atoms with Gasteiger partial charge in [0.05, 0.1) is 6.61 Å². The lowest BCUT2D eigenvalue weighted by Gasteiger charge is -2.32. The molecule has 1 aliphatic carbocycles. The number of hydrogen-bond acceptors (Lipinski definition) is 4.